The molecule has 5 rings (SSSR count). The predicted molar refractivity (Wildman–Crippen MR) is 132 cm³/mol. The molecule has 0 spiro atoms. The number of esters is 2. The zero-order chi connectivity index (χ0) is 26.9. The van der Waals surface area contributed by atoms with E-state index in [9.17, 15) is 14.4 Å². The number of hydrogen-bond acceptors (Lipinski definition) is 8. The summed E-state index contributed by atoms with van der Waals surface area (Å²) in [6.07, 6.45) is -4.99. The Labute approximate surface area is 214 Å². The molecule has 1 aliphatic rings. The van der Waals surface area contributed by atoms with E-state index in [0.29, 0.717) is 9.95 Å². The third-order valence-electron chi connectivity index (χ3n) is 6.06. The van der Waals surface area contributed by atoms with E-state index in [0.717, 1.165) is 17.6 Å². The highest BCUT2D eigenvalue weighted by molar-refractivity contribution is 5.95. The number of rotatable bonds is 6. The van der Waals surface area contributed by atoms with Crippen LogP contribution in [0.15, 0.2) is 89.9 Å². The topological polar surface area (TPSA) is 123 Å². The highest BCUT2D eigenvalue weighted by atomic mass is 19.3. The van der Waals surface area contributed by atoms with Crippen molar-refractivity contribution >= 4 is 28.5 Å². The lowest BCUT2D eigenvalue weighted by molar-refractivity contribution is -0.142. The lowest BCUT2D eigenvalue weighted by atomic mass is 10.1. The average molecular weight is 521 g/mol. The minimum Gasteiger partial charge on any atom is -0.459 e. The zero-order valence-electron chi connectivity index (χ0n) is 19.7. The summed E-state index contributed by atoms with van der Waals surface area (Å²) in [5, 5.41) is 1.56. The van der Waals surface area contributed by atoms with Crippen molar-refractivity contribution in [2.75, 3.05) is 12.3 Å². The van der Waals surface area contributed by atoms with Gasteiger partial charge in [-0.3, -0.25) is 4.57 Å². The SMILES string of the molecule is Nc1ccn([C@@H]2O[C@H](COC(=O)c3ccccc3)[C@@H](OC(=O)c3ccc4ccccc4c3)C2(F)F)c(=O)n1. The third kappa shape index (κ3) is 4.83. The van der Waals surface area contributed by atoms with Crippen LogP contribution in [0.25, 0.3) is 10.8 Å². The number of nitrogens with zero attached hydrogens (tertiary/aromatic N) is 2. The number of fused-ring (bicyclic) bond motifs is 1. The van der Waals surface area contributed by atoms with Gasteiger partial charge in [-0.05, 0) is 41.1 Å². The van der Waals surface area contributed by atoms with E-state index >= 15 is 8.78 Å². The second kappa shape index (κ2) is 10.0. The first-order valence-corrected chi connectivity index (χ1v) is 11.5. The molecule has 3 atom stereocenters. The molecular weight excluding hydrogens is 500 g/mol. The average Bonchev–Trinajstić information content (AvgIpc) is 3.16. The molecule has 9 nitrogen and oxygen atoms in total. The van der Waals surface area contributed by atoms with Crippen LogP contribution >= 0.6 is 0 Å². The van der Waals surface area contributed by atoms with Crippen LogP contribution in [0.1, 0.15) is 26.9 Å². The minimum absolute atomic E-state index is 0.0364. The van der Waals surface area contributed by atoms with E-state index in [2.05, 4.69) is 4.98 Å². The second-order valence-corrected chi connectivity index (χ2v) is 8.60. The molecule has 4 aromatic rings. The maximum atomic E-state index is 15.7. The number of aromatic nitrogens is 2. The maximum Gasteiger partial charge on any atom is 0.351 e. The molecule has 0 amide bonds. The lowest BCUT2D eigenvalue weighted by Gasteiger charge is -2.24. The quantitative estimate of drug-likeness (QED) is 0.382. The molecule has 194 valence electrons. The van der Waals surface area contributed by atoms with Gasteiger partial charge in [0, 0.05) is 6.20 Å². The van der Waals surface area contributed by atoms with Crippen molar-refractivity contribution in [3.63, 3.8) is 0 Å². The van der Waals surface area contributed by atoms with E-state index in [1.165, 1.54) is 24.3 Å². The molecule has 1 saturated heterocycles. The van der Waals surface area contributed by atoms with Gasteiger partial charge in [0.2, 0.25) is 6.23 Å². The number of carbonyl (C=O) groups excluding carboxylic acids is 2. The number of benzene rings is 3. The van der Waals surface area contributed by atoms with Crippen LogP contribution in [0.5, 0.6) is 0 Å². The summed E-state index contributed by atoms with van der Waals surface area (Å²) >= 11 is 0. The van der Waals surface area contributed by atoms with Gasteiger partial charge in [0.1, 0.15) is 18.5 Å². The van der Waals surface area contributed by atoms with Crippen molar-refractivity contribution in [1.82, 2.24) is 9.55 Å². The van der Waals surface area contributed by atoms with Crippen molar-refractivity contribution in [3.8, 4) is 0 Å². The number of alkyl halides is 2. The van der Waals surface area contributed by atoms with Gasteiger partial charge >= 0.3 is 23.6 Å². The Balaban J connectivity index is 1.43. The summed E-state index contributed by atoms with van der Waals surface area (Å²) < 4.78 is 47.9. The fraction of sp³-hybridized carbons (Fsp3) is 0.185. The van der Waals surface area contributed by atoms with Gasteiger partial charge in [0.25, 0.3) is 0 Å². The lowest BCUT2D eigenvalue weighted by Crippen LogP contribution is -2.44. The van der Waals surface area contributed by atoms with Crippen molar-refractivity contribution in [2.24, 2.45) is 0 Å². The maximum absolute atomic E-state index is 15.7. The number of hydrogen-bond donors (Lipinski definition) is 1. The number of halogens is 2. The van der Waals surface area contributed by atoms with Gasteiger partial charge in [0.05, 0.1) is 11.1 Å². The van der Waals surface area contributed by atoms with E-state index in [1.54, 1.807) is 36.4 Å². The first-order chi connectivity index (χ1) is 18.2. The van der Waals surface area contributed by atoms with E-state index in [4.69, 9.17) is 19.9 Å². The molecule has 1 aliphatic heterocycles. The van der Waals surface area contributed by atoms with Crippen LogP contribution in [0.3, 0.4) is 0 Å². The summed E-state index contributed by atoms with van der Waals surface area (Å²) in [6, 6.07) is 20.9. The molecule has 38 heavy (non-hydrogen) atoms. The van der Waals surface area contributed by atoms with Crippen molar-refractivity contribution < 1.29 is 32.6 Å². The standard InChI is InChI=1S/C27H21F2N3O6/c28-27(29)22(38-24(34)19-11-10-16-6-4-5-9-18(16)14-19)20(15-36-23(33)17-7-2-1-3-8-17)37-25(27)32-13-12-21(30)31-26(32)35/h1-14,20,22,25H,15H2,(H2,30,31,35)/t20-,22-,25-/m1/s1. The minimum atomic E-state index is -3.90. The van der Waals surface area contributed by atoms with Gasteiger partial charge in [-0.2, -0.15) is 13.8 Å². The van der Waals surface area contributed by atoms with Crippen molar-refractivity contribution in [2.45, 2.75) is 24.4 Å². The van der Waals surface area contributed by atoms with Gasteiger partial charge in [-0.25, -0.2) is 14.4 Å². The van der Waals surface area contributed by atoms with Crippen LogP contribution in [0, 0.1) is 0 Å². The van der Waals surface area contributed by atoms with Crippen LogP contribution in [-0.4, -0.2) is 46.2 Å². The third-order valence-corrected chi connectivity index (χ3v) is 6.06. The van der Waals surface area contributed by atoms with E-state index in [-0.39, 0.29) is 16.9 Å². The Morgan fingerprint density at radius 2 is 1.66 bits per heavy atom. The molecule has 0 unspecified atom stereocenters. The number of nitrogens with two attached hydrogens (primary N) is 1. The molecule has 0 radical (unpaired) electrons. The summed E-state index contributed by atoms with van der Waals surface area (Å²) in [5.41, 5.74) is 4.62. The van der Waals surface area contributed by atoms with Gasteiger partial charge in [0.15, 0.2) is 6.10 Å². The highest BCUT2D eigenvalue weighted by Gasteiger charge is 2.63. The van der Waals surface area contributed by atoms with Crippen LogP contribution in [-0.2, 0) is 14.2 Å². The Hall–Kier alpha value is -4.64. The molecule has 2 heterocycles. The summed E-state index contributed by atoms with van der Waals surface area (Å²) in [4.78, 5) is 41.2. The van der Waals surface area contributed by atoms with Crippen molar-refractivity contribution in [3.05, 3.63) is 107 Å². The molecule has 0 saturated carbocycles. The molecule has 2 N–H and O–H groups in total. The molecule has 3 aromatic carbocycles. The number of carbonyl (C=O) groups is 2. The summed E-state index contributed by atoms with van der Waals surface area (Å²) in [7, 11) is 0. The monoisotopic (exact) mass is 521 g/mol. The Morgan fingerprint density at radius 3 is 2.39 bits per heavy atom. The normalized spacial score (nSPS) is 20.2. The highest BCUT2D eigenvalue weighted by Crippen LogP contribution is 2.44. The molecule has 11 heteroatoms. The fourth-order valence-electron chi connectivity index (χ4n) is 4.17. The van der Waals surface area contributed by atoms with Crippen LogP contribution in [0.2, 0.25) is 0 Å². The largest absolute Gasteiger partial charge is 0.459 e. The van der Waals surface area contributed by atoms with Crippen molar-refractivity contribution in [1.29, 1.82) is 0 Å². The molecular formula is C27H21F2N3O6. The zero-order valence-corrected chi connectivity index (χ0v) is 19.7. The first-order valence-electron chi connectivity index (χ1n) is 11.5. The molecule has 1 fully saturated rings. The van der Waals surface area contributed by atoms with Gasteiger partial charge < -0.3 is 19.9 Å². The Morgan fingerprint density at radius 1 is 0.947 bits per heavy atom. The van der Waals surface area contributed by atoms with Crippen LogP contribution < -0.4 is 11.4 Å². The molecule has 0 bridgehead atoms. The number of anilines is 1. The number of nitrogen functional groups attached to an aromatic ring is 1. The number of ether oxygens (including phenoxy) is 3. The fourth-order valence-corrected chi connectivity index (χ4v) is 4.17. The summed E-state index contributed by atoms with van der Waals surface area (Å²) in [6.45, 7) is -0.674. The van der Waals surface area contributed by atoms with E-state index in [1.807, 2.05) is 12.1 Å². The van der Waals surface area contributed by atoms with Crippen LogP contribution in [0.4, 0.5) is 14.6 Å². The van der Waals surface area contributed by atoms with Gasteiger partial charge in [-0.15, -0.1) is 0 Å². The second-order valence-electron chi connectivity index (χ2n) is 8.60. The molecule has 0 aliphatic carbocycles. The summed E-state index contributed by atoms with van der Waals surface area (Å²) in [5.74, 6) is -5.89. The Kier molecular flexibility index (Phi) is 6.60. The van der Waals surface area contributed by atoms with E-state index < -0.39 is 48.6 Å². The first kappa shape index (κ1) is 25.0. The predicted octanol–water partition coefficient (Wildman–Crippen LogP) is 3.59. The smallest absolute Gasteiger partial charge is 0.351 e. The van der Waals surface area contributed by atoms with Gasteiger partial charge in [-0.1, -0.05) is 48.5 Å². The molecule has 1 aromatic heterocycles. The Bertz CT molecular complexity index is 1560.